The molecular formula is C27H26N8O2. The molecule has 0 aliphatic heterocycles. The number of fused-ring (bicyclic) bond motifs is 1. The molecule has 4 heterocycles. The highest BCUT2D eigenvalue weighted by Gasteiger charge is 2.22. The van der Waals surface area contributed by atoms with Crippen LogP contribution in [0, 0.1) is 18.8 Å². The van der Waals surface area contributed by atoms with Gasteiger partial charge in [-0.3, -0.25) is 13.9 Å². The average molecular weight is 495 g/mol. The van der Waals surface area contributed by atoms with Crippen molar-refractivity contribution in [3.05, 3.63) is 83.5 Å². The highest BCUT2D eigenvalue weighted by Crippen LogP contribution is 2.23. The van der Waals surface area contributed by atoms with Gasteiger partial charge in [-0.15, -0.1) is 0 Å². The summed E-state index contributed by atoms with van der Waals surface area (Å²) in [6.07, 6.45) is 8.78. The first-order valence-electron chi connectivity index (χ1n) is 11.7. The van der Waals surface area contributed by atoms with E-state index in [0.717, 1.165) is 16.8 Å². The Balaban J connectivity index is 1.37. The predicted molar refractivity (Wildman–Crippen MR) is 140 cm³/mol. The zero-order valence-electron chi connectivity index (χ0n) is 21.2. The summed E-state index contributed by atoms with van der Waals surface area (Å²) in [6.45, 7) is 7.96. The van der Waals surface area contributed by atoms with Gasteiger partial charge in [0, 0.05) is 48.4 Å². The van der Waals surface area contributed by atoms with E-state index in [-0.39, 0.29) is 17.0 Å². The van der Waals surface area contributed by atoms with E-state index in [4.69, 9.17) is 4.52 Å². The molecule has 186 valence electrons. The lowest BCUT2D eigenvalue weighted by molar-refractivity contribution is 0.101. The maximum Gasteiger partial charge on any atom is 0.277 e. The Bertz CT molecular complexity index is 1670. The molecule has 0 unspecified atom stereocenters. The van der Waals surface area contributed by atoms with E-state index in [1.807, 2.05) is 69.7 Å². The molecule has 1 amide bonds. The fourth-order valence-electron chi connectivity index (χ4n) is 3.62. The molecule has 0 aliphatic carbocycles. The number of hydrogen-bond donors (Lipinski definition) is 2. The lowest BCUT2D eigenvalue weighted by Gasteiger charge is -2.12. The zero-order valence-corrected chi connectivity index (χ0v) is 21.2. The summed E-state index contributed by atoms with van der Waals surface area (Å²) in [6, 6.07) is 7.25. The first-order chi connectivity index (χ1) is 17.7. The van der Waals surface area contributed by atoms with Gasteiger partial charge in [-0.05, 0) is 30.5 Å². The van der Waals surface area contributed by atoms with Gasteiger partial charge in [0.15, 0.2) is 17.2 Å². The van der Waals surface area contributed by atoms with Gasteiger partial charge >= 0.3 is 0 Å². The van der Waals surface area contributed by atoms with Crippen LogP contribution in [0.4, 0.5) is 17.2 Å². The fraction of sp³-hybridized carbons (Fsp3) is 0.222. The van der Waals surface area contributed by atoms with E-state index in [0.29, 0.717) is 28.6 Å². The largest absolute Gasteiger partial charge is 0.360 e. The van der Waals surface area contributed by atoms with E-state index in [2.05, 4.69) is 42.7 Å². The maximum absolute atomic E-state index is 12.7. The summed E-state index contributed by atoms with van der Waals surface area (Å²) >= 11 is 0. The predicted octanol–water partition coefficient (Wildman–Crippen LogP) is 4.45. The first-order valence-corrected chi connectivity index (χ1v) is 11.7. The Morgan fingerprint density at radius 2 is 1.92 bits per heavy atom. The van der Waals surface area contributed by atoms with Gasteiger partial charge in [0.25, 0.3) is 5.91 Å². The van der Waals surface area contributed by atoms with Gasteiger partial charge in [-0.1, -0.05) is 37.9 Å². The summed E-state index contributed by atoms with van der Waals surface area (Å²) in [5.41, 5.74) is 4.55. The van der Waals surface area contributed by atoms with Gasteiger partial charge in [0.2, 0.25) is 0 Å². The molecule has 10 nitrogen and oxygen atoms in total. The van der Waals surface area contributed by atoms with E-state index >= 15 is 0 Å². The van der Waals surface area contributed by atoms with Crippen LogP contribution in [-0.2, 0) is 12.5 Å². The summed E-state index contributed by atoms with van der Waals surface area (Å²) in [4.78, 5) is 21.6. The van der Waals surface area contributed by atoms with Crippen LogP contribution in [0.1, 0.15) is 53.8 Å². The van der Waals surface area contributed by atoms with Crippen LogP contribution >= 0.6 is 0 Å². The average Bonchev–Trinajstić information content (AvgIpc) is 3.59. The van der Waals surface area contributed by atoms with Gasteiger partial charge < -0.3 is 15.2 Å². The molecule has 0 fully saturated rings. The van der Waals surface area contributed by atoms with E-state index in [1.165, 1.54) is 0 Å². The van der Waals surface area contributed by atoms with Gasteiger partial charge in [-0.25, -0.2) is 9.97 Å². The van der Waals surface area contributed by atoms with Crippen molar-refractivity contribution in [2.75, 3.05) is 10.6 Å². The Morgan fingerprint density at radius 1 is 1.08 bits per heavy atom. The Morgan fingerprint density at radius 3 is 2.65 bits per heavy atom. The highest BCUT2D eigenvalue weighted by molar-refractivity contribution is 6.03. The number of hydrogen-bond acceptors (Lipinski definition) is 7. The topological polar surface area (TPSA) is 115 Å². The van der Waals surface area contributed by atoms with Gasteiger partial charge in [0.1, 0.15) is 11.5 Å². The third-order valence-electron chi connectivity index (χ3n) is 5.70. The van der Waals surface area contributed by atoms with Crippen molar-refractivity contribution in [1.82, 2.24) is 29.3 Å². The zero-order chi connectivity index (χ0) is 26.2. The van der Waals surface area contributed by atoms with E-state index in [9.17, 15) is 4.79 Å². The maximum atomic E-state index is 12.7. The number of nitrogens with one attached hydrogen (secondary N) is 2. The van der Waals surface area contributed by atoms with Crippen molar-refractivity contribution in [1.29, 1.82) is 0 Å². The fourth-order valence-corrected chi connectivity index (χ4v) is 3.62. The van der Waals surface area contributed by atoms with Gasteiger partial charge in [-0.2, -0.15) is 5.10 Å². The van der Waals surface area contributed by atoms with Crippen LogP contribution in [0.15, 0.2) is 59.8 Å². The molecule has 0 radical (unpaired) electrons. The number of aryl methyl sites for hydroxylation is 2. The summed E-state index contributed by atoms with van der Waals surface area (Å²) in [5.74, 6) is 7.31. The lowest BCUT2D eigenvalue weighted by atomic mass is 9.93. The molecule has 10 heteroatoms. The first kappa shape index (κ1) is 23.8. The Hall–Kier alpha value is -4.91. The van der Waals surface area contributed by atoms with Gasteiger partial charge in [0.05, 0.1) is 18.1 Å². The van der Waals surface area contributed by atoms with Crippen LogP contribution in [0.3, 0.4) is 0 Å². The third kappa shape index (κ3) is 5.06. The molecule has 2 N–H and O–H groups in total. The quantitative estimate of drug-likeness (QED) is 0.355. The van der Waals surface area contributed by atoms with Crippen LogP contribution in [0.5, 0.6) is 0 Å². The number of anilines is 3. The molecule has 0 atom stereocenters. The standard InChI is InChI=1S/C27H26N8O2/c1-17-6-8-19(32-26(36)22-13-23(37-33-22)27(2,3)4)12-18(17)7-9-21-15-29-25-24(28-10-11-35(21)25)31-20-14-30-34(5)16-20/h6,8,10-16H,1-5H3,(H,28,31)(H,32,36). The minimum atomic E-state index is -0.343. The minimum Gasteiger partial charge on any atom is -0.360 e. The molecule has 0 saturated heterocycles. The normalized spacial score (nSPS) is 11.3. The Kier molecular flexibility index (Phi) is 5.97. The van der Waals surface area contributed by atoms with Crippen molar-refractivity contribution in [2.45, 2.75) is 33.1 Å². The van der Waals surface area contributed by atoms with Crippen LogP contribution in [0.25, 0.3) is 5.65 Å². The van der Waals surface area contributed by atoms with Crippen LogP contribution in [-0.4, -0.2) is 35.2 Å². The molecule has 0 saturated carbocycles. The number of benzene rings is 1. The summed E-state index contributed by atoms with van der Waals surface area (Å²) < 4.78 is 8.91. The molecular weight excluding hydrogens is 468 g/mol. The molecule has 0 bridgehead atoms. The number of imidazole rings is 1. The third-order valence-corrected chi connectivity index (χ3v) is 5.70. The number of amides is 1. The number of carbonyl (C=O) groups excluding carboxylic acids is 1. The van der Waals surface area contributed by atoms with Crippen molar-refractivity contribution >= 4 is 28.7 Å². The molecule has 0 spiro atoms. The SMILES string of the molecule is Cc1ccc(NC(=O)c2cc(C(C)(C)C)on2)cc1C#Cc1cnc2c(Nc3cnn(C)c3)nccn12. The molecule has 5 rings (SSSR count). The Labute approximate surface area is 213 Å². The smallest absolute Gasteiger partial charge is 0.277 e. The lowest BCUT2D eigenvalue weighted by Crippen LogP contribution is -2.13. The second-order valence-corrected chi connectivity index (χ2v) is 9.70. The second-order valence-electron chi connectivity index (χ2n) is 9.70. The molecule has 1 aromatic carbocycles. The summed E-state index contributed by atoms with van der Waals surface area (Å²) in [5, 5.41) is 14.2. The number of nitrogens with zero attached hydrogens (tertiary/aromatic N) is 6. The molecule has 5 aromatic rings. The highest BCUT2D eigenvalue weighted by atomic mass is 16.5. The van der Waals surface area contributed by atoms with Crippen molar-refractivity contribution in [3.63, 3.8) is 0 Å². The number of aromatic nitrogens is 6. The molecule has 4 aromatic heterocycles. The van der Waals surface area contributed by atoms with E-state index < -0.39 is 0 Å². The van der Waals surface area contributed by atoms with Crippen molar-refractivity contribution < 1.29 is 9.32 Å². The minimum absolute atomic E-state index is 0.230. The molecule has 0 aliphatic rings. The summed E-state index contributed by atoms with van der Waals surface area (Å²) in [7, 11) is 1.85. The van der Waals surface area contributed by atoms with Crippen LogP contribution in [0.2, 0.25) is 0 Å². The monoisotopic (exact) mass is 494 g/mol. The molecule has 37 heavy (non-hydrogen) atoms. The van der Waals surface area contributed by atoms with Crippen LogP contribution < -0.4 is 10.6 Å². The second kappa shape index (κ2) is 9.28. The number of carbonyl (C=O) groups is 1. The van der Waals surface area contributed by atoms with E-state index in [1.54, 1.807) is 29.3 Å². The van der Waals surface area contributed by atoms with Crippen molar-refractivity contribution in [2.24, 2.45) is 7.05 Å². The number of rotatable bonds is 4. The van der Waals surface area contributed by atoms with Crippen molar-refractivity contribution in [3.8, 4) is 11.8 Å².